The molecule has 1 unspecified atom stereocenters. The lowest BCUT2D eigenvalue weighted by molar-refractivity contribution is 0.122. The fourth-order valence-electron chi connectivity index (χ4n) is 0.802. The van der Waals surface area contributed by atoms with Gasteiger partial charge in [0.25, 0.3) is 0 Å². The van der Waals surface area contributed by atoms with Crippen molar-refractivity contribution in [2.75, 3.05) is 7.11 Å². The largest absolute Gasteiger partial charge is 0.362 e. The summed E-state index contributed by atoms with van der Waals surface area (Å²) >= 11 is 2.27. The summed E-state index contributed by atoms with van der Waals surface area (Å²) in [5, 5.41) is 3.11. The smallest absolute Gasteiger partial charge is 0.158 e. The van der Waals surface area contributed by atoms with Crippen molar-refractivity contribution in [2.45, 2.75) is 13.2 Å². The number of allylic oxidation sites excluding steroid dienone is 2. The van der Waals surface area contributed by atoms with Gasteiger partial charge in [-0.25, -0.2) is 0 Å². The van der Waals surface area contributed by atoms with Crippen molar-refractivity contribution in [2.24, 2.45) is 0 Å². The van der Waals surface area contributed by atoms with E-state index in [9.17, 15) is 0 Å². The molecule has 0 saturated carbocycles. The second-order valence-electron chi connectivity index (χ2n) is 2.20. The quantitative estimate of drug-likeness (QED) is 0.717. The molecule has 0 radical (unpaired) electrons. The Hall–Kier alpha value is -0.0300. The minimum Gasteiger partial charge on any atom is -0.362 e. The van der Waals surface area contributed by atoms with Crippen LogP contribution in [-0.2, 0) is 4.74 Å². The van der Waals surface area contributed by atoms with Crippen molar-refractivity contribution in [1.29, 1.82) is 0 Å². The van der Waals surface area contributed by atoms with E-state index in [1.54, 1.807) is 7.11 Å². The summed E-state index contributed by atoms with van der Waals surface area (Å²) in [5.41, 5.74) is 1.23. The second-order valence-corrected chi connectivity index (χ2v) is 3.45. The van der Waals surface area contributed by atoms with Crippen LogP contribution in [-0.4, -0.2) is 13.3 Å². The molecule has 0 bridgehead atoms. The molecule has 1 rings (SSSR count). The lowest BCUT2D eigenvalue weighted by Crippen LogP contribution is -2.28. The van der Waals surface area contributed by atoms with Crippen molar-refractivity contribution in [3.8, 4) is 0 Å². The zero-order valence-electron chi connectivity index (χ0n) is 6.02. The fourth-order valence-corrected chi connectivity index (χ4v) is 1.73. The van der Waals surface area contributed by atoms with E-state index < -0.39 is 0 Å². The van der Waals surface area contributed by atoms with Crippen LogP contribution in [0.25, 0.3) is 0 Å². The Morgan fingerprint density at radius 2 is 2.40 bits per heavy atom. The Morgan fingerprint density at radius 1 is 1.70 bits per heavy atom. The van der Waals surface area contributed by atoms with E-state index >= 15 is 0 Å². The summed E-state index contributed by atoms with van der Waals surface area (Å²) in [7, 11) is 1.69. The number of methoxy groups -OCH3 is 1. The first-order valence-corrected chi connectivity index (χ1v) is 4.14. The third-order valence-electron chi connectivity index (χ3n) is 1.31. The van der Waals surface area contributed by atoms with Crippen molar-refractivity contribution in [3.05, 3.63) is 21.4 Å². The molecule has 0 aromatic rings. The lowest BCUT2D eigenvalue weighted by atomic mass is 10.2. The van der Waals surface area contributed by atoms with Gasteiger partial charge in [0.1, 0.15) is 0 Å². The monoisotopic (exact) mass is 251 g/mol. The number of hydrogen-bond acceptors (Lipinski definition) is 2. The SMILES string of the molecule is COC1NC=C(C)C=C1I. The molecule has 0 aromatic carbocycles. The molecule has 1 aliphatic heterocycles. The van der Waals surface area contributed by atoms with Gasteiger partial charge in [0, 0.05) is 16.9 Å². The summed E-state index contributed by atoms with van der Waals surface area (Å²) in [5.74, 6) is 0. The minimum atomic E-state index is 0.0595. The summed E-state index contributed by atoms with van der Waals surface area (Å²) < 4.78 is 6.31. The molecular weight excluding hydrogens is 241 g/mol. The third-order valence-corrected chi connectivity index (χ3v) is 2.19. The van der Waals surface area contributed by atoms with Crippen LogP contribution < -0.4 is 5.32 Å². The van der Waals surface area contributed by atoms with E-state index in [0.717, 1.165) is 0 Å². The van der Waals surface area contributed by atoms with Crippen LogP contribution in [0, 0.1) is 0 Å². The predicted octanol–water partition coefficient (Wildman–Crippen LogP) is 1.78. The van der Waals surface area contributed by atoms with E-state index in [2.05, 4.69) is 40.9 Å². The van der Waals surface area contributed by atoms with Gasteiger partial charge in [-0.1, -0.05) is 0 Å². The number of ether oxygens (including phenoxy) is 1. The van der Waals surface area contributed by atoms with Crippen molar-refractivity contribution >= 4 is 22.6 Å². The first-order valence-electron chi connectivity index (χ1n) is 3.06. The second kappa shape index (κ2) is 3.39. The van der Waals surface area contributed by atoms with Crippen LogP contribution in [0.3, 0.4) is 0 Å². The molecule has 3 heteroatoms. The first-order chi connectivity index (χ1) is 4.74. The molecule has 1 N–H and O–H groups in total. The van der Waals surface area contributed by atoms with Gasteiger partial charge in [-0.2, -0.15) is 0 Å². The van der Waals surface area contributed by atoms with Crippen LogP contribution in [0.5, 0.6) is 0 Å². The molecular formula is C7H10INO. The number of halogens is 1. The molecule has 0 saturated heterocycles. The Labute approximate surface area is 74.5 Å². The molecule has 1 aliphatic rings. The van der Waals surface area contributed by atoms with Crippen molar-refractivity contribution < 1.29 is 4.74 Å². The molecule has 1 atom stereocenters. The van der Waals surface area contributed by atoms with Gasteiger partial charge >= 0.3 is 0 Å². The van der Waals surface area contributed by atoms with Crippen molar-refractivity contribution in [1.82, 2.24) is 5.32 Å². The predicted molar refractivity (Wildman–Crippen MR) is 49.8 cm³/mol. The lowest BCUT2D eigenvalue weighted by Gasteiger charge is -2.19. The highest BCUT2D eigenvalue weighted by molar-refractivity contribution is 14.1. The number of rotatable bonds is 1. The van der Waals surface area contributed by atoms with E-state index in [1.807, 2.05) is 6.20 Å². The molecule has 10 heavy (non-hydrogen) atoms. The highest BCUT2D eigenvalue weighted by Crippen LogP contribution is 2.18. The van der Waals surface area contributed by atoms with E-state index in [1.165, 1.54) is 9.15 Å². The van der Waals surface area contributed by atoms with Crippen LogP contribution in [0.4, 0.5) is 0 Å². The maximum atomic E-state index is 5.12. The summed E-state index contributed by atoms with van der Waals surface area (Å²) in [4.78, 5) is 0. The topological polar surface area (TPSA) is 21.3 Å². The first kappa shape index (κ1) is 8.07. The third kappa shape index (κ3) is 1.73. The highest BCUT2D eigenvalue weighted by Gasteiger charge is 2.11. The van der Waals surface area contributed by atoms with Gasteiger partial charge in [-0.15, -0.1) is 0 Å². The molecule has 2 nitrogen and oxygen atoms in total. The Bertz CT molecular complexity index is 186. The average Bonchev–Trinajstić information content (AvgIpc) is 1.88. The highest BCUT2D eigenvalue weighted by atomic mass is 127. The zero-order chi connectivity index (χ0) is 7.56. The van der Waals surface area contributed by atoms with E-state index in [-0.39, 0.29) is 6.23 Å². The Morgan fingerprint density at radius 3 is 2.90 bits per heavy atom. The van der Waals surface area contributed by atoms with Crippen molar-refractivity contribution in [3.63, 3.8) is 0 Å². The molecule has 1 heterocycles. The normalized spacial score (nSPS) is 24.9. The van der Waals surface area contributed by atoms with Gasteiger partial charge in [0.05, 0.1) is 0 Å². The van der Waals surface area contributed by atoms with E-state index in [0.29, 0.717) is 0 Å². The summed E-state index contributed by atoms with van der Waals surface area (Å²) in [6.07, 6.45) is 4.12. The molecule has 0 amide bonds. The maximum absolute atomic E-state index is 5.12. The number of dihydropyridines is 1. The standard InChI is InChI=1S/C7H10INO/c1-5-3-6(8)7(10-2)9-4-5/h3-4,7,9H,1-2H3. The summed E-state index contributed by atoms with van der Waals surface area (Å²) in [6.45, 7) is 2.05. The molecule has 56 valence electrons. The van der Waals surface area contributed by atoms with Gasteiger partial charge in [-0.05, 0) is 41.2 Å². The Balaban J connectivity index is 2.68. The maximum Gasteiger partial charge on any atom is 0.158 e. The van der Waals surface area contributed by atoms with Crippen LogP contribution in [0.1, 0.15) is 6.92 Å². The van der Waals surface area contributed by atoms with E-state index in [4.69, 9.17) is 4.74 Å². The fraction of sp³-hybridized carbons (Fsp3) is 0.429. The average molecular weight is 251 g/mol. The van der Waals surface area contributed by atoms with Crippen LogP contribution in [0.2, 0.25) is 0 Å². The molecule has 0 aliphatic carbocycles. The van der Waals surface area contributed by atoms with Gasteiger partial charge in [-0.3, -0.25) is 0 Å². The van der Waals surface area contributed by atoms with Crippen LogP contribution in [0.15, 0.2) is 21.4 Å². The molecule has 0 aromatic heterocycles. The molecule has 0 spiro atoms. The number of nitrogens with one attached hydrogen (secondary N) is 1. The summed E-state index contributed by atoms with van der Waals surface area (Å²) in [6, 6.07) is 0. The minimum absolute atomic E-state index is 0.0595. The Kier molecular flexibility index (Phi) is 2.73. The zero-order valence-corrected chi connectivity index (χ0v) is 8.18. The van der Waals surface area contributed by atoms with Crippen LogP contribution >= 0.6 is 22.6 Å². The number of hydrogen-bond donors (Lipinski definition) is 1. The molecule has 0 fully saturated rings. The van der Waals surface area contributed by atoms with Gasteiger partial charge in [0.15, 0.2) is 6.23 Å². The van der Waals surface area contributed by atoms with Gasteiger partial charge < -0.3 is 10.1 Å². The van der Waals surface area contributed by atoms with Gasteiger partial charge in [0.2, 0.25) is 0 Å².